The normalized spacial score (nSPS) is 10.9. The summed E-state index contributed by atoms with van der Waals surface area (Å²) in [5.41, 5.74) is 2.17. The highest BCUT2D eigenvalue weighted by atomic mass is 32.2. The van der Waals surface area contributed by atoms with Crippen LogP contribution >= 0.6 is 0 Å². The molecule has 0 aliphatic carbocycles. The first kappa shape index (κ1) is 20.4. The molecule has 0 saturated heterocycles. The number of carbonyl (C=O) groups excluding carboxylic acids is 2. The molecule has 0 heterocycles. The van der Waals surface area contributed by atoms with Crippen LogP contribution in [0.3, 0.4) is 0 Å². The molecular weight excluding hydrogens is 366 g/mol. The molecule has 2 amide bonds. The van der Waals surface area contributed by atoms with Gasteiger partial charge < -0.3 is 10.6 Å². The Hall–Kier alpha value is -2.87. The lowest BCUT2D eigenvalue weighted by Gasteiger charge is -2.13. The molecule has 2 aromatic carbocycles. The van der Waals surface area contributed by atoms with Gasteiger partial charge in [-0.25, -0.2) is 8.42 Å². The number of rotatable bonds is 7. The van der Waals surface area contributed by atoms with Gasteiger partial charge in [-0.1, -0.05) is 19.1 Å². The van der Waals surface area contributed by atoms with Crippen molar-refractivity contribution in [3.63, 3.8) is 0 Å². The van der Waals surface area contributed by atoms with Crippen molar-refractivity contribution in [2.24, 2.45) is 0 Å². The van der Waals surface area contributed by atoms with E-state index in [0.717, 1.165) is 12.7 Å². The Morgan fingerprint density at radius 1 is 1.00 bits per heavy atom. The van der Waals surface area contributed by atoms with Crippen LogP contribution in [0.1, 0.15) is 39.6 Å². The quantitative estimate of drug-likeness (QED) is 0.677. The average Bonchev–Trinajstić information content (AvgIpc) is 2.60. The molecule has 0 fully saturated rings. The number of benzene rings is 2. The van der Waals surface area contributed by atoms with E-state index in [1.165, 1.54) is 12.1 Å². The number of hydrogen-bond acceptors (Lipinski definition) is 4. The fraction of sp³-hybridized carbons (Fsp3) is 0.263. The lowest BCUT2D eigenvalue weighted by molar-refractivity contribution is 0.0954. The number of aryl methyl sites for hydroxylation is 1. The van der Waals surface area contributed by atoms with Crippen molar-refractivity contribution in [1.29, 1.82) is 0 Å². The zero-order valence-corrected chi connectivity index (χ0v) is 16.3. The number of para-hydroxylation sites is 1. The summed E-state index contributed by atoms with van der Waals surface area (Å²) < 4.78 is 25.1. The summed E-state index contributed by atoms with van der Waals surface area (Å²) in [6.45, 7) is 4.21. The predicted molar refractivity (Wildman–Crippen MR) is 107 cm³/mol. The zero-order chi connectivity index (χ0) is 20.0. The van der Waals surface area contributed by atoms with E-state index in [2.05, 4.69) is 15.4 Å². The Kier molecular flexibility index (Phi) is 6.57. The Bertz CT molecular complexity index is 955. The van der Waals surface area contributed by atoms with E-state index >= 15 is 0 Å². The molecule has 0 spiro atoms. The van der Waals surface area contributed by atoms with Crippen LogP contribution in [0.25, 0.3) is 0 Å². The molecule has 0 atom stereocenters. The minimum atomic E-state index is -3.40. The predicted octanol–water partition coefficient (Wildman–Crippen LogP) is 2.76. The number of nitrogens with one attached hydrogen (secondary N) is 3. The zero-order valence-electron chi connectivity index (χ0n) is 15.5. The maximum atomic E-state index is 12.6. The monoisotopic (exact) mass is 389 g/mol. The standard InChI is InChI=1S/C19H23N3O4S/c1-4-11-20-19(24)15-7-5-6-8-17(15)21-18(23)14-9-10-16(13(2)12-14)22-27(3,25)26/h5-10,12,22H,4,11H2,1-3H3,(H,20,24)(H,21,23). The maximum Gasteiger partial charge on any atom is 0.255 e. The summed E-state index contributed by atoms with van der Waals surface area (Å²) in [6, 6.07) is 11.4. The van der Waals surface area contributed by atoms with Crippen molar-refractivity contribution in [2.75, 3.05) is 22.8 Å². The summed E-state index contributed by atoms with van der Waals surface area (Å²) in [6.07, 6.45) is 1.88. The van der Waals surface area contributed by atoms with Gasteiger partial charge in [0, 0.05) is 12.1 Å². The smallest absolute Gasteiger partial charge is 0.255 e. The molecule has 0 unspecified atom stereocenters. The van der Waals surface area contributed by atoms with Crippen molar-refractivity contribution in [1.82, 2.24) is 5.32 Å². The van der Waals surface area contributed by atoms with Crippen LogP contribution < -0.4 is 15.4 Å². The summed E-state index contributed by atoms with van der Waals surface area (Å²) >= 11 is 0. The highest BCUT2D eigenvalue weighted by molar-refractivity contribution is 7.92. The van der Waals surface area contributed by atoms with E-state index in [-0.39, 0.29) is 11.8 Å². The fourth-order valence-corrected chi connectivity index (χ4v) is 3.07. The van der Waals surface area contributed by atoms with Crippen LogP contribution in [0, 0.1) is 6.92 Å². The third-order valence-corrected chi connectivity index (χ3v) is 4.33. The second-order valence-corrected chi connectivity index (χ2v) is 7.91. The first-order chi connectivity index (χ1) is 12.7. The lowest BCUT2D eigenvalue weighted by Crippen LogP contribution is -2.25. The van der Waals surface area contributed by atoms with E-state index in [0.29, 0.717) is 34.6 Å². The third kappa shape index (κ3) is 5.82. The summed E-state index contributed by atoms with van der Waals surface area (Å²) in [5, 5.41) is 5.53. The minimum Gasteiger partial charge on any atom is -0.352 e. The number of anilines is 2. The van der Waals surface area contributed by atoms with Gasteiger partial charge in [-0.15, -0.1) is 0 Å². The highest BCUT2D eigenvalue weighted by Gasteiger charge is 2.15. The van der Waals surface area contributed by atoms with Crippen molar-refractivity contribution in [2.45, 2.75) is 20.3 Å². The van der Waals surface area contributed by atoms with Crippen LogP contribution in [-0.4, -0.2) is 33.0 Å². The third-order valence-electron chi connectivity index (χ3n) is 3.74. The molecule has 0 radical (unpaired) electrons. The fourth-order valence-electron chi connectivity index (χ4n) is 2.44. The van der Waals surface area contributed by atoms with Crippen LogP contribution in [0.5, 0.6) is 0 Å². The van der Waals surface area contributed by atoms with Crippen LogP contribution in [-0.2, 0) is 10.0 Å². The number of sulfonamides is 1. The molecule has 0 bridgehead atoms. The van der Waals surface area contributed by atoms with Gasteiger partial charge in [-0.2, -0.15) is 0 Å². The van der Waals surface area contributed by atoms with Gasteiger partial charge in [-0.3, -0.25) is 14.3 Å². The van der Waals surface area contributed by atoms with Gasteiger partial charge in [0.2, 0.25) is 10.0 Å². The molecule has 0 saturated carbocycles. The Labute approximate surface area is 159 Å². The lowest BCUT2D eigenvalue weighted by atomic mass is 10.1. The maximum absolute atomic E-state index is 12.6. The van der Waals surface area contributed by atoms with Gasteiger partial charge >= 0.3 is 0 Å². The molecular formula is C19H23N3O4S. The van der Waals surface area contributed by atoms with Crippen LogP contribution in [0.15, 0.2) is 42.5 Å². The Morgan fingerprint density at radius 2 is 1.70 bits per heavy atom. The molecule has 3 N–H and O–H groups in total. The van der Waals surface area contributed by atoms with Crippen LogP contribution in [0.2, 0.25) is 0 Å². The second-order valence-electron chi connectivity index (χ2n) is 6.16. The topological polar surface area (TPSA) is 104 Å². The second kappa shape index (κ2) is 8.68. The first-order valence-electron chi connectivity index (χ1n) is 8.48. The molecule has 0 aliphatic rings. The largest absolute Gasteiger partial charge is 0.352 e. The molecule has 8 heteroatoms. The summed E-state index contributed by atoms with van der Waals surface area (Å²) in [5.74, 6) is -0.642. The molecule has 7 nitrogen and oxygen atoms in total. The average molecular weight is 389 g/mol. The van der Waals surface area contributed by atoms with Crippen molar-refractivity contribution >= 4 is 33.2 Å². The van der Waals surface area contributed by atoms with E-state index in [1.807, 2.05) is 6.92 Å². The van der Waals surface area contributed by atoms with Crippen molar-refractivity contribution in [3.8, 4) is 0 Å². The summed E-state index contributed by atoms with van der Waals surface area (Å²) in [4.78, 5) is 24.8. The number of hydrogen-bond donors (Lipinski definition) is 3. The van der Waals surface area contributed by atoms with Crippen molar-refractivity contribution in [3.05, 3.63) is 59.2 Å². The highest BCUT2D eigenvalue weighted by Crippen LogP contribution is 2.20. The van der Waals surface area contributed by atoms with Gasteiger partial charge in [0.1, 0.15) is 0 Å². The minimum absolute atomic E-state index is 0.253. The van der Waals surface area contributed by atoms with Crippen LogP contribution in [0.4, 0.5) is 11.4 Å². The molecule has 144 valence electrons. The van der Waals surface area contributed by atoms with E-state index in [4.69, 9.17) is 0 Å². The van der Waals surface area contributed by atoms with E-state index in [9.17, 15) is 18.0 Å². The van der Waals surface area contributed by atoms with E-state index < -0.39 is 10.0 Å². The molecule has 0 aromatic heterocycles. The van der Waals surface area contributed by atoms with Gasteiger partial charge in [0.15, 0.2) is 0 Å². The molecule has 2 aromatic rings. The number of amides is 2. The van der Waals surface area contributed by atoms with E-state index in [1.54, 1.807) is 37.3 Å². The molecule has 2 rings (SSSR count). The van der Waals surface area contributed by atoms with Gasteiger partial charge in [-0.05, 0) is 49.2 Å². The van der Waals surface area contributed by atoms with Crippen molar-refractivity contribution < 1.29 is 18.0 Å². The Morgan fingerprint density at radius 3 is 2.33 bits per heavy atom. The first-order valence-corrected chi connectivity index (χ1v) is 10.4. The van der Waals surface area contributed by atoms with Gasteiger partial charge in [0.05, 0.1) is 23.2 Å². The molecule has 0 aliphatic heterocycles. The Balaban J connectivity index is 2.21. The summed E-state index contributed by atoms with van der Waals surface area (Å²) in [7, 11) is -3.40. The molecule has 27 heavy (non-hydrogen) atoms. The SMILES string of the molecule is CCCNC(=O)c1ccccc1NC(=O)c1ccc(NS(C)(=O)=O)c(C)c1. The van der Waals surface area contributed by atoms with Gasteiger partial charge in [0.25, 0.3) is 11.8 Å². The number of carbonyl (C=O) groups is 2.